The first-order valence-corrected chi connectivity index (χ1v) is 9.16. The van der Waals surface area contributed by atoms with Gasteiger partial charge in [0.2, 0.25) is 0 Å². The van der Waals surface area contributed by atoms with E-state index in [1.807, 2.05) is 36.4 Å². The first-order valence-electron chi connectivity index (χ1n) is 9.16. The Morgan fingerprint density at radius 1 is 0.897 bits per heavy atom. The zero-order valence-electron chi connectivity index (χ0n) is 15.5. The molecule has 2 N–H and O–H groups in total. The third kappa shape index (κ3) is 4.19. The number of rotatable bonds is 6. The van der Waals surface area contributed by atoms with Crippen LogP contribution in [0.5, 0.6) is 0 Å². The molecule has 0 bridgehead atoms. The van der Waals surface area contributed by atoms with Gasteiger partial charge in [0.1, 0.15) is 11.6 Å². The average molecular weight is 387 g/mol. The molecule has 0 aliphatic rings. The number of amides is 1. The average Bonchev–Trinajstić information content (AvgIpc) is 2.77. The van der Waals surface area contributed by atoms with Gasteiger partial charge in [-0.2, -0.15) is 0 Å². The van der Waals surface area contributed by atoms with Crippen LogP contribution >= 0.6 is 0 Å². The van der Waals surface area contributed by atoms with Gasteiger partial charge in [0.25, 0.3) is 5.91 Å². The summed E-state index contributed by atoms with van der Waals surface area (Å²) in [6, 6.07) is 17.3. The molecule has 0 saturated heterocycles. The van der Waals surface area contributed by atoms with Crippen molar-refractivity contribution in [2.75, 3.05) is 18.4 Å². The SMILES string of the molecule is O=C(NCCNc1nc(-c2ccncc2)nc2ccccc12)c1ccccc1F. The fourth-order valence-electron chi connectivity index (χ4n) is 2.94. The van der Waals surface area contributed by atoms with Crippen molar-refractivity contribution >= 4 is 22.6 Å². The third-order valence-corrected chi connectivity index (χ3v) is 4.36. The number of carbonyl (C=O) groups is 1. The Balaban J connectivity index is 1.49. The van der Waals surface area contributed by atoms with E-state index < -0.39 is 11.7 Å². The fourth-order valence-corrected chi connectivity index (χ4v) is 2.94. The molecule has 0 aliphatic heterocycles. The minimum Gasteiger partial charge on any atom is -0.368 e. The maximum atomic E-state index is 13.7. The number of anilines is 1. The molecule has 2 aromatic heterocycles. The van der Waals surface area contributed by atoms with E-state index in [0.717, 1.165) is 16.5 Å². The van der Waals surface area contributed by atoms with Crippen LogP contribution in [0.2, 0.25) is 0 Å². The number of halogens is 1. The lowest BCUT2D eigenvalue weighted by molar-refractivity contribution is 0.0951. The van der Waals surface area contributed by atoms with Crippen molar-refractivity contribution in [3.05, 3.63) is 84.4 Å². The largest absolute Gasteiger partial charge is 0.368 e. The topological polar surface area (TPSA) is 79.8 Å². The summed E-state index contributed by atoms with van der Waals surface area (Å²) in [5.41, 5.74) is 1.70. The van der Waals surface area contributed by atoms with Gasteiger partial charge in [-0.25, -0.2) is 14.4 Å². The zero-order chi connectivity index (χ0) is 20.1. The van der Waals surface area contributed by atoms with Crippen LogP contribution in [-0.2, 0) is 0 Å². The predicted octanol–water partition coefficient (Wildman–Crippen LogP) is 3.67. The van der Waals surface area contributed by atoms with Gasteiger partial charge >= 0.3 is 0 Å². The van der Waals surface area contributed by atoms with E-state index in [2.05, 4.69) is 25.6 Å². The number of nitrogens with one attached hydrogen (secondary N) is 2. The Labute approximate surface area is 166 Å². The van der Waals surface area contributed by atoms with Gasteiger partial charge in [-0.05, 0) is 36.4 Å². The molecule has 0 fully saturated rings. The van der Waals surface area contributed by atoms with Crippen molar-refractivity contribution in [1.82, 2.24) is 20.3 Å². The molecule has 0 aliphatic carbocycles. The molecule has 4 aromatic rings. The smallest absolute Gasteiger partial charge is 0.254 e. The first kappa shape index (κ1) is 18.5. The Morgan fingerprint density at radius 3 is 2.48 bits per heavy atom. The van der Waals surface area contributed by atoms with Crippen LogP contribution in [0.4, 0.5) is 10.2 Å². The first-order chi connectivity index (χ1) is 14.2. The quantitative estimate of drug-likeness (QED) is 0.494. The summed E-state index contributed by atoms with van der Waals surface area (Å²) in [6.45, 7) is 0.743. The van der Waals surface area contributed by atoms with Gasteiger partial charge in [-0.15, -0.1) is 0 Å². The van der Waals surface area contributed by atoms with Crippen LogP contribution in [0.15, 0.2) is 73.1 Å². The Hall–Kier alpha value is -3.87. The van der Waals surface area contributed by atoms with Crippen LogP contribution in [-0.4, -0.2) is 33.9 Å². The van der Waals surface area contributed by atoms with E-state index in [-0.39, 0.29) is 5.56 Å². The maximum absolute atomic E-state index is 13.7. The number of hydrogen-bond donors (Lipinski definition) is 2. The lowest BCUT2D eigenvalue weighted by Crippen LogP contribution is -2.29. The number of para-hydroxylation sites is 1. The van der Waals surface area contributed by atoms with Crippen molar-refractivity contribution in [2.24, 2.45) is 0 Å². The van der Waals surface area contributed by atoms with Crippen LogP contribution in [0.25, 0.3) is 22.3 Å². The van der Waals surface area contributed by atoms with E-state index in [4.69, 9.17) is 0 Å². The highest BCUT2D eigenvalue weighted by molar-refractivity contribution is 5.94. The van der Waals surface area contributed by atoms with Crippen molar-refractivity contribution in [3.8, 4) is 11.4 Å². The molecule has 144 valence electrons. The number of nitrogens with zero attached hydrogens (tertiary/aromatic N) is 3. The highest BCUT2D eigenvalue weighted by Crippen LogP contribution is 2.24. The predicted molar refractivity (Wildman–Crippen MR) is 110 cm³/mol. The molecule has 0 saturated carbocycles. The van der Waals surface area contributed by atoms with Crippen molar-refractivity contribution in [1.29, 1.82) is 0 Å². The molecule has 4 rings (SSSR count). The van der Waals surface area contributed by atoms with E-state index in [9.17, 15) is 9.18 Å². The molecule has 29 heavy (non-hydrogen) atoms. The number of fused-ring (bicyclic) bond motifs is 1. The van der Waals surface area contributed by atoms with E-state index in [0.29, 0.717) is 24.7 Å². The standard InChI is InChI=1S/C22H18FN5O/c23-18-7-3-1-5-16(18)22(29)26-14-13-25-21-17-6-2-4-8-19(17)27-20(28-21)15-9-11-24-12-10-15/h1-12H,13-14H2,(H,26,29)(H,25,27,28). The maximum Gasteiger partial charge on any atom is 0.254 e. The van der Waals surface area contributed by atoms with Crippen LogP contribution in [0.1, 0.15) is 10.4 Å². The normalized spacial score (nSPS) is 10.7. The second-order valence-corrected chi connectivity index (χ2v) is 6.31. The summed E-state index contributed by atoms with van der Waals surface area (Å²) >= 11 is 0. The second-order valence-electron chi connectivity index (χ2n) is 6.31. The van der Waals surface area contributed by atoms with Crippen LogP contribution in [0, 0.1) is 5.82 Å². The van der Waals surface area contributed by atoms with Gasteiger partial charge in [0, 0.05) is 36.4 Å². The summed E-state index contributed by atoms with van der Waals surface area (Å²) < 4.78 is 13.7. The summed E-state index contributed by atoms with van der Waals surface area (Å²) in [7, 11) is 0. The number of hydrogen-bond acceptors (Lipinski definition) is 5. The number of benzene rings is 2. The minimum absolute atomic E-state index is 0.0277. The fraction of sp³-hybridized carbons (Fsp3) is 0.0909. The Kier molecular flexibility index (Phi) is 5.38. The zero-order valence-corrected chi connectivity index (χ0v) is 15.5. The highest BCUT2D eigenvalue weighted by atomic mass is 19.1. The monoisotopic (exact) mass is 387 g/mol. The lowest BCUT2D eigenvalue weighted by Gasteiger charge is -2.12. The van der Waals surface area contributed by atoms with Crippen molar-refractivity contribution < 1.29 is 9.18 Å². The van der Waals surface area contributed by atoms with Gasteiger partial charge in [0.15, 0.2) is 5.82 Å². The van der Waals surface area contributed by atoms with Gasteiger partial charge < -0.3 is 10.6 Å². The van der Waals surface area contributed by atoms with Gasteiger partial charge in [-0.3, -0.25) is 9.78 Å². The summed E-state index contributed by atoms with van der Waals surface area (Å²) in [5.74, 6) is 0.267. The highest BCUT2D eigenvalue weighted by Gasteiger charge is 2.11. The summed E-state index contributed by atoms with van der Waals surface area (Å²) in [5, 5.41) is 6.84. The molecule has 2 aromatic carbocycles. The molecule has 0 spiro atoms. The molecule has 7 heteroatoms. The molecular formula is C22H18FN5O. The minimum atomic E-state index is -0.540. The molecule has 0 radical (unpaired) electrons. The van der Waals surface area contributed by atoms with Crippen molar-refractivity contribution in [3.63, 3.8) is 0 Å². The number of pyridine rings is 1. The lowest BCUT2D eigenvalue weighted by atomic mass is 10.2. The molecule has 0 unspecified atom stereocenters. The Morgan fingerprint density at radius 2 is 1.66 bits per heavy atom. The van der Waals surface area contributed by atoms with Gasteiger partial charge in [0.05, 0.1) is 11.1 Å². The molecule has 1 amide bonds. The van der Waals surface area contributed by atoms with E-state index in [1.165, 1.54) is 12.1 Å². The Bertz CT molecular complexity index is 1150. The summed E-state index contributed by atoms with van der Waals surface area (Å²) in [4.78, 5) is 25.4. The van der Waals surface area contributed by atoms with Crippen molar-refractivity contribution in [2.45, 2.75) is 0 Å². The molecule has 6 nitrogen and oxygen atoms in total. The van der Waals surface area contributed by atoms with Crippen LogP contribution in [0.3, 0.4) is 0 Å². The van der Waals surface area contributed by atoms with Gasteiger partial charge in [-0.1, -0.05) is 24.3 Å². The summed E-state index contributed by atoms with van der Waals surface area (Å²) in [6.07, 6.45) is 3.39. The van der Waals surface area contributed by atoms with E-state index >= 15 is 0 Å². The second kappa shape index (κ2) is 8.43. The third-order valence-electron chi connectivity index (χ3n) is 4.36. The molecular weight excluding hydrogens is 369 g/mol. The number of aromatic nitrogens is 3. The van der Waals surface area contributed by atoms with E-state index in [1.54, 1.807) is 24.5 Å². The molecule has 2 heterocycles. The number of carbonyl (C=O) groups excluding carboxylic acids is 1. The molecule has 0 atom stereocenters. The van der Waals surface area contributed by atoms with Crippen LogP contribution < -0.4 is 10.6 Å².